The Morgan fingerprint density at radius 2 is 0.776 bits per heavy atom. The smallest absolute Gasteiger partial charge is 0.0629 e. The maximum atomic E-state index is 2.54. The fraction of sp³-hybridized carbons (Fsp3) is 0.167. The second kappa shape index (κ2) is 11.8. The second-order valence-corrected chi connectivity index (χ2v) is 14.7. The minimum Gasteiger partial charge on any atom is -0.0629 e. The minimum absolute atomic E-state index is 0.0755. The Kier molecular flexibility index (Phi) is 7.49. The van der Waals surface area contributed by atoms with Crippen molar-refractivity contribution in [1.82, 2.24) is 0 Å². The molecule has 0 spiro atoms. The molecule has 1 heteroatoms. The van der Waals surface area contributed by atoms with E-state index in [9.17, 15) is 0 Å². The summed E-state index contributed by atoms with van der Waals surface area (Å²) in [7, 11) is 0. The van der Waals surface area contributed by atoms with Crippen LogP contribution >= 0.6 is 0 Å². The van der Waals surface area contributed by atoms with Crippen LogP contribution < -0.4 is 16.4 Å². The Morgan fingerprint density at radius 1 is 0.347 bits per heavy atom. The Hall–Kier alpha value is -5.14. The van der Waals surface area contributed by atoms with Crippen LogP contribution in [0, 0.1) is 55.4 Å². The predicted octanol–water partition coefficient (Wildman–Crippen LogP) is 10.9. The summed E-state index contributed by atoms with van der Waals surface area (Å²) in [5, 5.41) is 7.99. The molecule has 0 fully saturated rings. The average molecular weight is 631 g/mol. The summed E-state index contributed by atoms with van der Waals surface area (Å²) < 4.78 is 0. The van der Waals surface area contributed by atoms with E-state index in [1.165, 1.54) is 115 Å². The molecule has 0 atom stereocenters. The zero-order chi connectivity index (χ0) is 34.1. The lowest BCUT2D eigenvalue weighted by Gasteiger charge is -2.27. The van der Waals surface area contributed by atoms with Gasteiger partial charge in [-0.3, -0.25) is 0 Å². The number of hydrogen-bond donors (Lipinski definition) is 0. The third-order valence-corrected chi connectivity index (χ3v) is 10.9. The fourth-order valence-corrected chi connectivity index (χ4v) is 8.87. The van der Waals surface area contributed by atoms with E-state index in [2.05, 4.69) is 171 Å². The molecule has 0 aliphatic heterocycles. The average Bonchev–Trinajstić information content (AvgIpc) is 3.06. The van der Waals surface area contributed by atoms with Crippen molar-refractivity contribution >= 4 is 55.4 Å². The molecule has 8 aromatic rings. The zero-order valence-electron chi connectivity index (χ0n) is 30.0. The normalized spacial score (nSPS) is 11.7. The number of benzene rings is 8. The van der Waals surface area contributed by atoms with Gasteiger partial charge in [0.1, 0.15) is 0 Å². The van der Waals surface area contributed by atoms with Crippen molar-refractivity contribution in [3.05, 3.63) is 160 Å². The highest BCUT2D eigenvalue weighted by molar-refractivity contribution is 6.98. The summed E-state index contributed by atoms with van der Waals surface area (Å²) in [6.07, 6.45) is 0. The van der Waals surface area contributed by atoms with E-state index in [1.54, 1.807) is 0 Å². The molecule has 8 rings (SSSR count). The zero-order valence-corrected chi connectivity index (χ0v) is 30.0. The molecule has 0 heterocycles. The molecule has 0 aliphatic carbocycles. The summed E-state index contributed by atoms with van der Waals surface area (Å²) in [5.74, 6) is 0. The lowest BCUT2D eigenvalue weighted by Crippen LogP contribution is -2.56. The van der Waals surface area contributed by atoms with E-state index in [0.29, 0.717) is 0 Å². The Morgan fingerprint density at radius 3 is 1.29 bits per heavy atom. The highest BCUT2D eigenvalue weighted by Gasteiger charge is 2.31. The molecule has 0 nitrogen and oxygen atoms in total. The van der Waals surface area contributed by atoms with Gasteiger partial charge < -0.3 is 0 Å². The molecular weight excluding hydrogens is 587 g/mol. The summed E-state index contributed by atoms with van der Waals surface area (Å²) in [4.78, 5) is 0. The molecule has 0 saturated heterocycles. The van der Waals surface area contributed by atoms with Gasteiger partial charge in [-0.1, -0.05) is 176 Å². The largest absolute Gasteiger partial charge is 0.243 e. The third kappa shape index (κ3) is 5.15. The van der Waals surface area contributed by atoms with Crippen molar-refractivity contribution in [2.75, 3.05) is 0 Å². The molecule has 0 aliphatic rings. The molecule has 238 valence electrons. The second-order valence-electron chi connectivity index (χ2n) is 14.7. The van der Waals surface area contributed by atoms with Gasteiger partial charge in [0.15, 0.2) is 0 Å². The van der Waals surface area contributed by atoms with E-state index in [0.717, 1.165) is 0 Å². The van der Waals surface area contributed by atoms with Crippen molar-refractivity contribution in [3.8, 4) is 22.3 Å². The third-order valence-electron chi connectivity index (χ3n) is 10.9. The van der Waals surface area contributed by atoms with Crippen molar-refractivity contribution in [2.24, 2.45) is 0 Å². The first-order valence-corrected chi connectivity index (χ1v) is 17.6. The molecule has 0 amide bonds. The number of rotatable bonds is 5. The summed E-state index contributed by atoms with van der Waals surface area (Å²) in [6.45, 7) is 18.1. The van der Waals surface area contributed by atoms with Gasteiger partial charge in [-0.05, 0) is 110 Å². The quantitative estimate of drug-likeness (QED) is 0.131. The van der Waals surface area contributed by atoms with E-state index in [4.69, 9.17) is 0 Å². The van der Waals surface area contributed by atoms with Crippen LogP contribution in [-0.2, 0) is 0 Å². The van der Waals surface area contributed by atoms with E-state index < -0.39 is 0 Å². The van der Waals surface area contributed by atoms with E-state index in [1.807, 2.05) is 0 Å². The van der Waals surface area contributed by atoms with Gasteiger partial charge in [0.25, 0.3) is 0 Å². The van der Waals surface area contributed by atoms with Crippen LogP contribution in [0.1, 0.15) is 44.5 Å². The van der Waals surface area contributed by atoms with E-state index >= 15 is 0 Å². The maximum absolute atomic E-state index is 2.54. The highest BCUT2D eigenvalue weighted by atomic mass is 14.2. The summed E-state index contributed by atoms with van der Waals surface area (Å²) in [5.41, 5.74) is 19.9. The predicted molar refractivity (Wildman–Crippen MR) is 216 cm³/mol. The van der Waals surface area contributed by atoms with Gasteiger partial charge in [0.05, 0.1) is 0 Å². The van der Waals surface area contributed by atoms with Crippen LogP contribution in [0.2, 0.25) is 0 Å². The topological polar surface area (TPSA) is 0 Å². The first kappa shape index (κ1) is 31.2. The van der Waals surface area contributed by atoms with Gasteiger partial charge in [-0.25, -0.2) is 0 Å². The monoisotopic (exact) mass is 630 g/mol. The van der Waals surface area contributed by atoms with Crippen molar-refractivity contribution in [3.63, 3.8) is 0 Å². The van der Waals surface area contributed by atoms with Gasteiger partial charge in [0.2, 0.25) is 6.71 Å². The lowest BCUT2D eigenvalue weighted by molar-refractivity contribution is 1.34. The SMILES string of the molecule is Cc1ccc(-c2ccc3ccc4c(B(c5c(C)cc(C)cc5C)c5c(C)cc(C)cc5C)cc(-c5ccc(C)cc5)c5ccc2c3c45)cc1. The maximum Gasteiger partial charge on any atom is 0.243 e. The van der Waals surface area contributed by atoms with Gasteiger partial charge in [-0.2, -0.15) is 0 Å². The van der Waals surface area contributed by atoms with Crippen molar-refractivity contribution < 1.29 is 0 Å². The van der Waals surface area contributed by atoms with Crippen LogP contribution in [0.3, 0.4) is 0 Å². The van der Waals surface area contributed by atoms with E-state index in [-0.39, 0.29) is 6.71 Å². The Labute approximate surface area is 291 Å². The summed E-state index contributed by atoms with van der Waals surface area (Å²) >= 11 is 0. The molecule has 49 heavy (non-hydrogen) atoms. The molecule has 8 aromatic carbocycles. The van der Waals surface area contributed by atoms with Crippen LogP contribution in [0.15, 0.2) is 115 Å². The van der Waals surface area contributed by atoms with Gasteiger partial charge in [0, 0.05) is 0 Å². The van der Waals surface area contributed by atoms with Crippen molar-refractivity contribution in [2.45, 2.75) is 55.4 Å². The van der Waals surface area contributed by atoms with Gasteiger partial charge >= 0.3 is 0 Å². The van der Waals surface area contributed by atoms with Crippen LogP contribution in [0.25, 0.3) is 54.6 Å². The standard InChI is InChI=1S/C48H43B/c1-28-9-13-36(14-10-28)39-19-17-38-18-20-42-44(27-43(37-15-11-29(2)12-16-37)41-22-21-40(39)45(38)46(41)42)49(47-32(5)23-30(3)24-33(47)6)48-34(7)25-31(4)26-35(48)8/h9-27H,1-8H3. The highest BCUT2D eigenvalue weighted by Crippen LogP contribution is 2.42. The van der Waals surface area contributed by atoms with Crippen LogP contribution in [-0.4, -0.2) is 6.71 Å². The van der Waals surface area contributed by atoms with Gasteiger partial charge in [-0.15, -0.1) is 0 Å². The first-order chi connectivity index (χ1) is 23.6. The number of hydrogen-bond acceptors (Lipinski definition) is 0. The summed E-state index contributed by atoms with van der Waals surface area (Å²) in [6, 6.07) is 44.3. The molecular formula is C48H43B. The van der Waals surface area contributed by atoms with Crippen molar-refractivity contribution in [1.29, 1.82) is 0 Å². The minimum atomic E-state index is 0.0755. The molecule has 0 saturated carbocycles. The Balaban J connectivity index is 1.56. The molecule has 0 bridgehead atoms. The fourth-order valence-electron chi connectivity index (χ4n) is 8.87. The first-order valence-electron chi connectivity index (χ1n) is 17.6. The molecule has 0 N–H and O–H groups in total. The Bertz CT molecular complexity index is 2450. The molecule has 0 radical (unpaired) electrons. The number of aryl methyl sites for hydroxylation is 8. The van der Waals surface area contributed by atoms with Crippen LogP contribution in [0.4, 0.5) is 0 Å². The lowest BCUT2D eigenvalue weighted by atomic mass is 9.33. The van der Waals surface area contributed by atoms with Crippen LogP contribution in [0.5, 0.6) is 0 Å². The molecule has 0 aromatic heterocycles. The molecule has 0 unspecified atom stereocenters.